The number of hydrogen-bond acceptors (Lipinski definition) is 3. The van der Waals surface area contributed by atoms with E-state index in [4.69, 9.17) is 4.74 Å². The van der Waals surface area contributed by atoms with Crippen LogP contribution in [0.25, 0.3) is 0 Å². The second kappa shape index (κ2) is 6.77. The molecule has 1 atom stereocenters. The van der Waals surface area contributed by atoms with Crippen LogP contribution in [0, 0.1) is 5.41 Å². The maximum atomic E-state index is 12.1. The molecule has 0 aromatic rings. The zero-order valence-electron chi connectivity index (χ0n) is 11.1. The molecule has 0 bridgehead atoms. The fraction of sp³-hybridized carbons (Fsp3) is 0.857. The monoisotopic (exact) mass is 240 g/mol. The van der Waals surface area contributed by atoms with E-state index in [1.165, 1.54) is 0 Å². The van der Waals surface area contributed by atoms with E-state index < -0.39 is 5.41 Å². The minimum atomic E-state index is -0.787. The average molecular weight is 240 g/mol. The van der Waals surface area contributed by atoms with Gasteiger partial charge in [-0.1, -0.05) is 33.1 Å². The number of rotatable bonds is 7. The first kappa shape index (κ1) is 14.2. The minimum absolute atomic E-state index is 0.106. The van der Waals surface area contributed by atoms with Crippen molar-refractivity contribution >= 4 is 11.8 Å². The zero-order valence-corrected chi connectivity index (χ0v) is 11.1. The lowest BCUT2D eigenvalue weighted by Crippen LogP contribution is -2.37. The average Bonchev–Trinajstić information content (AvgIpc) is 2.69. The Morgan fingerprint density at radius 2 is 2.06 bits per heavy atom. The molecule has 0 aromatic heterocycles. The lowest BCUT2D eigenvalue weighted by molar-refractivity contribution is -0.159. The largest absolute Gasteiger partial charge is 0.465 e. The number of unbranched alkanes of at least 4 members (excludes halogenated alkanes) is 2. The summed E-state index contributed by atoms with van der Waals surface area (Å²) in [5.74, 6) is -0.160. The van der Waals surface area contributed by atoms with Crippen molar-refractivity contribution in [1.29, 1.82) is 0 Å². The molecule has 1 unspecified atom stereocenters. The predicted molar refractivity (Wildman–Crippen MR) is 66.7 cm³/mol. The van der Waals surface area contributed by atoms with E-state index in [9.17, 15) is 9.59 Å². The number of carbonyl (C=O) groups is 2. The van der Waals surface area contributed by atoms with Gasteiger partial charge in [-0.05, 0) is 25.7 Å². The highest BCUT2D eigenvalue weighted by molar-refractivity contribution is 6.05. The Labute approximate surface area is 104 Å². The molecule has 3 heteroatoms. The lowest BCUT2D eigenvalue weighted by Gasteiger charge is -2.25. The molecular weight excluding hydrogens is 216 g/mol. The highest BCUT2D eigenvalue weighted by atomic mass is 16.5. The van der Waals surface area contributed by atoms with E-state index in [1.54, 1.807) is 0 Å². The van der Waals surface area contributed by atoms with Crippen LogP contribution in [0.3, 0.4) is 0 Å². The van der Waals surface area contributed by atoms with Crippen LogP contribution in [0.5, 0.6) is 0 Å². The van der Waals surface area contributed by atoms with Crippen LogP contribution < -0.4 is 0 Å². The molecule has 0 spiro atoms. The Morgan fingerprint density at radius 3 is 2.59 bits per heavy atom. The van der Waals surface area contributed by atoms with Gasteiger partial charge in [0.25, 0.3) is 0 Å². The summed E-state index contributed by atoms with van der Waals surface area (Å²) in [6, 6.07) is 0. The van der Waals surface area contributed by atoms with Gasteiger partial charge in [0, 0.05) is 6.42 Å². The van der Waals surface area contributed by atoms with E-state index >= 15 is 0 Å². The number of hydrogen-bond donors (Lipinski definition) is 0. The van der Waals surface area contributed by atoms with Crippen molar-refractivity contribution in [3.05, 3.63) is 0 Å². The third-order valence-electron chi connectivity index (χ3n) is 3.58. The van der Waals surface area contributed by atoms with Gasteiger partial charge in [-0.3, -0.25) is 9.59 Å². The molecule has 1 saturated carbocycles. The summed E-state index contributed by atoms with van der Waals surface area (Å²) in [6.07, 6.45) is 6.71. The SMILES string of the molecule is CCCCCC1(C(=O)OCCC)CCCC1=O. The van der Waals surface area contributed by atoms with E-state index in [-0.39, 0.29) is 11.8 Å². The summed E-state index contributed by atoms with van der Waals surface area (Å²) in [5, 5.41) is 0. The van der Waals surface area contributed by atoms with E-state index in [2.05, 4.69) is 6.92 Å². The standard InChI is InChI=1S/C14H24O3/c1-3-5-6-9-14(10-7-8-12(14)15)13(16)17-11-4-2/h3-11H2,1-2H3. The second-order valence-electron chi connectivity index (χ2n) is 4.95. The molecule has 1 aliphatic rings. The fourth-order valence-corrected chi connectivity index (χ4v) is 2.52. The normalized spacial score (nSPS) is 24.0. The van der Waals surface area contributed by atoms with Gasteiger partial charge in [-0.25, -0.2) is 0 Å². The van der Waals surface area contributed by atoms with Crippen LogP contribution in [-0.4, -0.2) is 18.4 Å². The molecule has 0 heterocycles. The molecule has 0 amide bonds. The second-order valence-corrected chi connectivity index (χ2v) is 4.95. The molecule has 1 rings (SSSR count). The topological polar surface area (TPSA) is 43.4 Å². The van der Waals surface area contributed by atoms with Crippen molar-refractivity contribution in [2.75, 3.05) is 6.61 Å². The summed E-state index contributed by atoms with van der Waals surface area (Å²) in [7, 11) is 0. The Balaban J connectivity index is 2.65. The smallest absolute Gasteiger partial charge is 0.319 e. The Hall–Kier alpha value is -0.860. The molecule has 98 valence electrons. The van der Waals surface area contributed by atoms with Crippen molar-refractivity contribution in [2.45, 2.75) is 65.2 Å². The van der Waals surface area contributed by atoms with Crippen LogP contribution in [-0.2, 0) is 14.3 Å². The Bertz CT molecular complexity index is 273. The first-order valence-corrected chi connectivity index (χ1v) is 6.88. The number of esters is 1. The molecule has 3 nitrogen and oxygen atoms in total. The van der Waals surface area contributed by atoms with Gasteiger partial charge >= 0.3 is 5.97 Å². The number of ether oxygens (including phenoxy) is 1. The first-order valence-electron chi connectivity index (χ1n) is 6.88. The first-order chi connectivity index (χ1) is 8.17. The Morgan fingerprint density at radius 1 is 1.29 bits per heavy atom. The van der Waals surface area contributed by atoms with Gasteiger partial charge in [-0.15, -0.1) is 0 Å². The van der Waals surface area contributed by atoms with Crippen LogP contribution >= 0.6 is 0 Å². The molecule has 0 aliphatic heterocycles. The fourth-order valence-electron chi connectivity index (χ4n) is 2.52. The molecule has 0 saturated heterocycles. The summed E-state index contributed by atoms with van der Waals surface area (Å²) >= 11 is 0. The van der Waals surface area contributed by atoms with Crippen LogP contribution in [0.15, 0.2) is 0 Å². The van der Waals surface area contributed by atoms with Gasteiger partial charge in [0.1, 0.15) is 11.2 Å². The van der Waals surface area contributed by atoms with Crippen LogP contribution in [0.2, 0.25) is 0 Å². The number of carbonyl (C=O) groups excluding carboxylic acids is 2. The van der Waals surface area contributed by atoms with Crippen LogP contribution in [0.4, 0.5) is 0 Å². The molecule has 0 N–H and O–H groups in total. The third-order valence-corrected chi connectivity index (χ3v) is 3.58. The summed E-state index contributed by atoms with van der Waals surface area (Å²) in [4.78, 5) is 24.1. The maximum absolute atomic E-state index is 12.1. The van der Waals surface area contributed by atoms with Gasteiger partial charge in [-0.2, -0.15) is 0 Å². The third kappa shape index (κ3) is 3.30. The molecule has 17 heavy (non-hydrogen) atoms. The van der Waals surface area contributed by atoms with Crippen molar-refractivity contribution < 1.29 is 14.3 Å². The molecule has 0 radical (unpaired) electrons. The van der Waals surface area contributed by atoms with Gasteiger partial charge in [0.15, 0.2) is 0 Å². The highest BCUT2D eigenvalue weighted by Gasteiger charge is 2.48. The molecular formula is C14H24O3. The van der Waals surface area contributed by atoms with E-state index in [0.717, 1.165) is 32.1 Å². The highest BCUT2D eigenvalue weighted by Crippen LogP contribution is 2.40. The quantitative estimate of drug-likeness (QED) is 0.390. The van der Waals surface area contributed by atoms with Crippen molar-refractivity contribution in [3.8, 4) is 0 Å². The van der Waals surface area contributed by atoms with Crippen molar-refractivity contribution in [3.63, 3.8) is 0 Å². The van der Waals surface area contributed by atoms with E-state index in [1.807, 2.05) is 6.92 Å². The number of ketones is 1. The van der Waals surface area contributed by atoms with Crippen molar-refractivity contribution in [2.24, 2.45) is 5.41 Å². The summed E-state index contributed by atoms with van der Waals surface area (Å²) < 4.78 is 5.22. The number of Topliss-reactive ketones (excluding diaryl/α,β-unsaturated/α-hetero) is 1. The van der Waals surface area contributed by atoms with E-state index in [0.29, 0.717) is 25.9 Å². The Kier molecular flexibility index (Phi) is 5.66. The molecule has 0 aromatic carbocycles. The van der Waals surface area contributed by atoms with Gasteiger partial charge in [0.2, 0.25) is 0 Å². The minimum Gasteiger partial charge on any atom is -0.465 e. The lowest BCUT2D eigenvalue weighted by atomic mass is 9.80. The zero-order chi connectivity index (χ0) is 12.7. The van der Waals surface area contributed by atoms with Gasteiger partial charge < -0.3 is 4.74 Å². The van der Waals surface area contributed by atoms with Gasteiger partial charge in [0.05, 0.1) is 6.61 Å². The predicted octanol–water partition coefficient (Wildman–Crippen LogP) is 3.26. The molecule has 1 aliphatic carbocycles. The van der Waals surface area contributed by atoms with Crippen molar-refractivity contribution in [1.82, 2.24) is 0 Å². The maximum Gasteiger partial charge on any atom is 0.319 e. The summed E-state index contributed by atoms with van der Waals surface area (Å²) in [6.45, 7) is 4.52. The van der Waals surface area contributed by atoms with Crippen LogP contribution in [0.1, 0.15) is 65.2 Å². The molecule has 1 fully saturated rings. The summed E-state index contributed by atoms with van der Waals surface area (Å²) in [5.41, 5.74) is -0.787.